The van der Waals surface area contributed by atoms with Gasteiger partial charge in [0.15, 0.2) is 15.6 Å². The molecule has 0 spiro atoms. The van der Waals surface area contributed by atoms with Crippen LogP contribution in [0.15, 0.2) is 0 Å². The Labute approximate surface area is 101 Å². The highest BCUT2D eigenvalue weighted by atomic mass is 32.2. The van der Waals surface area contributed by atoms with Crippen molar-refractivity contribution in [1.29, 1.82) is 0 Å². The fourth-order valence-corrected chi connectivity index (χ4v) is 3.30. The third kappa shape index (κ3) is 4.85. The second-order valence-corrected chi connectivity index (χ2v) is 6.47. The van der Waals surface area contributed by atoms with Gasteiger partial charge in [-0.05, 0) is 12.8 Å². The number of carbonyl (C=O) groups is 2. The summed E-state index contributed by atoms with van der Waals surface area (Å²) in [6.45, 7) is 0. The number of sulfone groups is 1. The van der Waals surface area contributed by atoms with Crippen molar-refractivity contribution < 1.29 is 22.7 Å². The number of hydrogen-bond acceptors (Lipinski definition) is 5. The Morgan fingerprint density at radius 3 is 2.24 bits per heavy atom. The molecule has 0 atom stereocenters. The molecular formula is C11H18O5S. The zero-order chi connectivity index (χ0) is 12.9. The van der Waals surface area contributed by atoms with Gasteiger partial charge in [0.05, 0.1) is 7.11 Å². The molecule has 0 aromatic rings. The lowest BCUT2D eigenvalue weighted by Crippen LogP contribution is -2.29. The van der Waals surface area contributed by atoms with Crippen LogP contribution in [0.3, 0.4) is 0 Å². The van der Waals surface area contributed by atoms with Crippen LogP contribution in [0.25, 0.3) is 0 Å². The van der Waals surface area contributed by atoms with Gasteiger partial charge in [0.1, 0.15) is 11.5 Å². The maximum Gasteiger partial charge on any atom is 0.320 e. The highest BCUT2D eigenvalue weighted by molar-refractivity contribution is 7.92. The molecule has 0 N–H and O–H groups in total. The molecule has 1 aliphatic carbocycles. The van der Waals surface area contributed by atoms with Gasteiger partial charge in [-0.15, -0.1) is 0 Å². The van der Waals surface area contributed by atoms with Crippen molar-refractivity contribution in [2.75, 3.05) is 18.6 Å². The Hall–Kier alpha value is -0.910. The van der Waals surface area contributed by atoms with Crippen LogP contribution in [0.1, 0.15) is 32.1 Å². The van der Waals surface area contributed by atoms with Crippen molar-refractivity contribution in [1.82, 2.24) is 0 Å². The lowest BCUT2D eigenvalue weighted by molar-refractivity contribution is -0.137. The molecule has 0 aromatic carbocycles. The number of ether oxygens (including phenoxy) is 1. The second-order valence-electron chi connectivity index (χ2n) is 4.41. The molecule has 1 rings (SSSR count). The van der Waals surface area contributed by atoms with E-state index in [-0.39, 0.29) is 11.7 Å². The van der Waals surface area contributed by atoms with Gasteiger partial charge in [0.2, 0.25) is 0 Å². The molecule has 98 valence electrons. The number of ketones is 1. The molecule has 0 bridgehead atoms. The van der Waals surface area contributed by atoms with E-state index in [9.17, 15) is 18.0 Å². The van der Waals surface area contributed by atoms with Crippen molar-refractivity contribution in [2.24, 2.45) is 5.92 Å². The first-order valence-corrected chi connectivity index (χ1v) is 7.56. The average Bonchev–Trinajstić information content (AvgIpc) is 2.28. The fraction of sp³-hybridized carbons (Fsp3) is 0.818. The quantitative estimate of drug-likeness (QED) is 0.682. The molecule has 0 aromatic heterocycles. The highest BCUT2D eigenvalue weighted by Gasteiger charge is 2.27. The summed E-state index contributed by atoms with van der Waals surface area (Å²) in [5.41, 5.74) is 0. The van der Waals surface area contributed by atoms with Crippen LogP contribution >= 0.6 is 0 Å². The molecule has 0 aliphatic heterocycles. The van der Waals surface area contributed by atoms with Crippen molar-refractivity contribution in [3.63, 3.8) is 0 Å². The number of rotatable bonds is 5. The summed E-state index contributed by atoms with van der Waals surface area (Å²) in [5.74, 6) is -2.46. The molecule has 17 heavy (non-hydrogen) atoms. The Morgan fingerprint density at radius 2 is 1.71 bits per heavy atom. The summed E-state index contributed by atoms with van der Waals surface area (Å²) in [6, 6.07) is 0. The van der Waals surface area contributed by atoms with E-state index < -0.39 is 27.3 Å². The van der Waals surface area contributed by atoms with E-state index >= 15 is 0 Å². The van der Waals surface area contributed by atoms with E-state index in [0.29, 0.717) is 0 Å². The number of esters is 1. The van der Waals surface area contributed by atoms with E-state index in [0.717, 1.165) is 39.2 Å². The van der Waals surface area contributed by atoms with Crippen molar-refractivity contribution in [3.8, 4) is 0 Å². The molecule has 0 radical (unpaired) electrons. The normalized spacial score (nSPS) is 17.7. The zero-order valence-corrected chi connectivity index (χ0v) is 10.8. The maximum absolute atomic E-state index is 11.8. The number of Topliss-reactive ketones (excluding diaryl/α,β-unsaturated/α-hetero) is 1. The van der Waals surface area contributed by atoms with Gasteiger partial charge in [-0.1, -0.05) is 19.3 Å². The van der Waals surface area contributed by atoms with Crippen LogP contribution in [0, 0.1) is 5.92 Å². The smallest absolute Gasteiger partial charge is 0.320 e. The van der Waals surface area contributed by atoms with Gasteiger partial charge in [-0.3, -0.25) is 9.59 Å². The van der Waals surface area contributed by atoms with E-state index in [1.807, 2.05) is 0 Å². The number of methoxy groups -OCH3 is 1. The second kappa shape index (κ2) is 6.14. The lowest BCUT2D eigenvalue weighted by atomic mass is 9.87. The summed E-state index contributed by atoms with van der Waals surface area (Å²) in [4.78, 5) is 22.6. The number of hydrogen-bond donors (Lipinski definition) is 0. The minimum absolute atomic E-state index is 0.142. The van der Waals surface area contributed by atoms with E-state index in [2.05, 4.69) is 4.74 Å². The molecule has 1 fully saturated rings. The Balaban J connectivity index is 2.51. The van der Waals surface area contributed by atoms with Gasteiger partial charge >= 0.3 is 5.97 Å². The Morgan fingerprint density at radius 1 is 1.12 bits per heavy atom. The predicted molar refractivity (Wildman–Crippen MR) is 62.3 cm³/mol. The molecule has 0 amide bonds. The molecular weight excluding hydrogens is 244 g/mol. The summed E-state index contributed by atoms with van der Waals surface area (Å²) in [5, 5.41) is 0. The summed E-state index contributed by atoms with van der Waals surface area (Å²) < 4.78 is 27.3. The monoisotopic (exact) mass is 262 g/mol. The van der Waals surface area contributed by atoms with Crippen LogP contribution in [0.4, 0.5) is 0 Å². The molecule has 0 unspecified atom stereocenters. The minimum Gasteiger partial charge on any atom is -0.468 e. The standard InChI is InChI=1S/C11H18O5S/c1-16-11(13)8-17(14,15)7-10(12)9-5-3-2-4-6-9/h9H,2-8H2,1H3. The molecule has 0 heterocycles. The van der Waals surface area contributed by atoms with Crippen molar-refractivity contribution >= 4 is 21.6 Å². The molecule has 0 saturated heterocycles. The topological polar surface area (TPSA) is 77.5 Å². The summed E-state index contributed by atoms with van der Waals surface area (Å²) >= 11 is 0. The Bertz CT molecular complexity index is 379. The summed E-state index contributed by atoms with van der Waals surface area (Å²) in [6.07, 6.45) is 4.61. The van der Waals surface area contributed by atoms with Gasteiger partial charge in [0.25, 0.3) is 0 Å². The van der Waals surface area contributed by atoms with Crippen LogP contribution in [0.2, 0.25) is 0 Å². The molecule has 5 nitrogen and oxygen atoms in total. The van der Waals surface area contributed by atoms with E-state index in [1.54, 1.807) is 0 Å². The third-order valence-electron chi connectivity index (χ3n) is 2.99. The predicted octanol–water partition coefficient (Wildman–Crippen LogP) is 0.724. The first-order valence-electron chi connectivity index (χ1n) is 5.74. The molecule has 1 saturated carbocycles. The largest absolute Gasteiger partial charge is 0.468 e. The van der Waals surface area contributed by atoms with E-state index in [1.165, 1.54) is 0 Å². The van der Waals surface area contributed by atoms with Crippen LogP contribution in [-0.2, 0) is 24.2 Å². The average molecular weight is 262 g/mol. The van der Waals surface area contributed by atoms with Crippen molar-refractivity contribution in [3.05, 3.63) is 0 Å². The zero-order valence-electron chi connectivity index (χ0n) is 9.98. The van der Waals surface area contributed by atoms with Crippen molar-refractivity contribution in [2.45, 2.75) is 32.1 Å². The molecule has 1 aliphatic rings. The van der Waals surface area contributed by atoms with Gasteiger partial charge < -0.3 is 4.74 Å². The van der Waals surface area contributed by atoms with Gasteiger partial charge in [-0.2, -0.15) is 0 Å². The van der Waals surface area contributed by atoms with Crippen LogP contribution < -0.4 is 0 Å². The third-order valence-corrected chi connectivity index (χ3v) is 4.39. The number of carbonyl (C=O) groups excluding carboxylic acids is 2. The van der Waals surface area contributed by atoms with Crippen LogP contribution in [-0.4, -0.2) is 38.8 Å². The molecule has 6 heteroatoms. The maximum atomic E-state index is 11.8. The first-order chi connectivity index (χ1) is 7.94. The SMILES string of the molecule is COC(=O)CS(=O)(=O)CC(=O)C1CCCCC1. The highest BCUT2D eigenvalue weighted by Crippen LogP contribution is 2.24. The van der Waals surface area contributed by atoms with Crippen LogP contribution in [0.5, 0.6) is 0 Å². The van der Waals surface area contributed by atoms with Gasteiger partial charge in [0, 0.05) is 5.92 Å². The van der Waals surface area contributed by atoms with Gasteiger partial charge in [-0.25, -0.2) is 8.42 Å². The fourth-order valence-electron chi connectivity index (χ4n) is 2.05. The minimum atomic E-state index is -3.67. The first kappa shape index (κ1) is 14.2. The Kier molecular flexibility index (Phi) is 5.11. The van der Waals surface area contributed by atoms with E-state index in [4.69, 9.17) is 0 Å². The summed E-state index contributed by atoms with van der Waals surface area (Å²) in [7, 11) is -2.54. The lowest BCUT2D eigenvalue weighted by Gasteiger charge is -2.19.